The molecule has 2 nitrogen and oxygen atoms in total. The molecule has 0 aromatic heterocycles. The minimum Gasteiger partial charge on any atom is -0.341 e. The van der Waals surface area contributed by atoms with E-state index in [1.807, 2.05) is 0 Å². The minimum absolute atomic E-state index is 0.624. The molecule has 0 amide bonds. The molecule has 1 heterocycles. The van der Waals surface area contributed by atoms with Crippen molar-refractivity contribution in [3.63, 3.8) is 0 Å². The van der Waals surface area contributed by atoms with Gasteiger partial charge >= 0.3 is 0 Å². The number of rotatable bonds is 0. The second-order valence-corrected chi connectivity index (χ2v) is 1.45. The Morgan fingerprint density at radius 3 is 2.86 bits per heavy atom. The Morgan fingerprint density at radius 1 is 1.71 bits per heavy atom. The highest BCUT2D eigenvalue weighted by Gasteiger charge is 2.06. The van der Waals surface area contributed by atoms with Crippen LogP contribution in [0.5, 0.6) is 0 Å². The van der Waals surface area contributed by atoms with E-state index < -0.39 is 0 Å². The van der Waals surface area contributed by atoms with Crippen LogP contribution in [0.2, 0.25) is 0 Å². The fourth-order valence-electron chi connectivity index (χ4n) is 0.374. The van der Waals surface area contributed by atoms with Crippen LogP contribution in [0.1, 0.15) is 6.42 Å². The molecule has 0 bridgehead atoms. The first-order valence-electron chi connectivity index (χ1n) is 2.02. The van der Waals surface area contributed by atoms with Crippen molar-refractivity contribution in [1.82, 2.24) is 0 Å². The van der Waals surface area contributed by atoms with Crippen LogP contribution in [0.25, 0.3) is 0 Å². The molecular weight excluding hydrogens is 115 g/mol. The van der Waals surface area contributed by atoms with Gasteiger partial charge in [0.25, 0.3) is 0 Å². The van der Waals surface area contributed by atoms with Crippen LogP contribution in [0.3, 0.4) is 0 Å². The van der Waals surface area contributed by atoms with Gasteiger partial charge in [-0.05, 0) is 0 Å². The predicted octanol–water partition coefficient (Wildman–Crippen LogP) is 1.42. The lowest BCUT2D eigenvalue weighted by molar-refractivity contribution is -0.223. The Bertz CT molecular complexity index is 81.7. The van der Waals surface area contributed by atoms with Crippen molar-refractivity contribution in [1.29, 1.82) is 0 Å². The normalized spacial score (nSPS) is 25.6. The van der Waals surface area contributed by atoms with Gasteiger partial charge in [0.05, 0.1) is 0 Å². The highest BCUT2D eigenvalue weighted by atomic mass is 35.5. The SMILES string of the molecule is ClC=C1CCOO1. The van der Waals surface area contributed by atoms with Gasteiger partial charge < -0.3 is 4.89 Å². The fourth-order valence-corrected chi connectivity index (χ4v) is 0.519. The van der Waals surface area contributed by atoms with E-state index in [1.54, 1.807) is 0 Å². The molecular formula is C4H5ClO2. The van der Waals surface area contributed by atoms with Gasteiger partial charge in [0, 0.05) is 12.0 Å². The molecule has 0 atom stereocenters. The molecule has 3 heteroatoms. The molecule has 0 aromatic rings. The van der Waals surface area contributed by atoms with E-state index in [0.29, 0.717) is 12.4 Å². The van der Waals surface area contributed by atoms with Crippen molar-refractivity contribution < 1.29 is 9.78 Å². The van der Waals surface area contributed by atoms with Crippen LogP contribution in [0, 0.1) is 0 Å². The monoisotopic (exact) mass is 120 g/mol. The maximum absolute atomic E-state index is 5.24. The zero-order chi connectivity index (χ0) is 5.11. The Labute approximate surface area is 46.6 Å². The van der Waals surface area contributed by atoms with Crippen molar-refractivity contribution in [2.45, 2.75) is 6.42 Å². The van der Waals surface area contributed by atoms with Crippen molar-refractivity contribution >= 4 is 11.6 Å². The van der Waals surface area contributed by atoms with Crippen molar-refractivity contribution in [3.05, 3.63) is 11.3 Å². The van der Waals surface area contributed by atoms with Crippen LogP contribution < -0.4 is 0 Å². The molecule has 0 radical (unpaired) electrons. The summed E-state index contributed by atoms with van der Waals surface area (Å²) in [5, 5.41) is 0. The zero-order valence-electron chi connectivity index (χ0n) is 3.69. The smallest absolute Gasteiger partial charge is 0.156 e. The van der Waals surface area contributed by atoms with Gasteiger partial charge in [-0.25, -0.2) is 0 Å². The molecule has 0 aromatic carbocycles. The van der Waals surface area contributed by atoms with Crippen LogP contribution >= 0.6 is 11.6 Å². The van der Waals surface area contributed by atoms with Crippen LogP contribution in [0.15, 0.2) is 11.3 Å². The minimum atomic E-state index is 0.624. The Kier molecular flexibility index (Phi) is 1.54. The quantitative estimate of drug-likeness (QED) is 0.450. The van der Waals surface area contributed by atoms with Gasteiger partial charge in [-0.2, -0.15) is 4.89 Å². The number of hydrogen-bond acceptors (Lipinski definition) is 2. The molecule has 1 aliphatic heterocycles. The van der Waals surface area contributed by atoms with Crippen molar-refractivity contribution in [2.24, 2.45) is 0 Å². The van der Waals surface area contributed by atoms with E-state index in [1.165, 1.54) is 5.54 Å². The lowest BCUT2D eigenvalue weighted by Crippen LogP contribution is -1.72. The van der Waals surface area contributed by atoms with E-state index in [4.69, 9.17) is 11.6 Å². The summed E-state index contributed by atoms with van der Waals surface area (Å²) < 4.78 is 0. The maximum Gasteiger partial charge on any atom is 0.156 e. The first kappa shape index (κ1) is 4.94. The van der Waals surface area contributed by atoms with Crippen LogP contribution in [0.4, 0.5) is 0 Å². The first-order chi connectivity index (χ1) is 3.43. The molecule has 0 spiro atoms. The van der Waals surface area contributed by atoms with E-state index in [0.717, 1.165) is 6.42 Å². The standard InChI is InChI=1S/C4H5ClO2/c5-3-4-1-2-6-7-4/h3H,1-2H2. The summed E-state index contributed by atoms with van der Waals surface area (Å²) in [7, 11) is 0. The molecule has 0 unspecified atom stereocenters. The lowest BCUT2D eigenvalue weighted by Gasteiger charge is -1.86. The summed E-state index contributed by atoms with van der Waals surface area (Å²) in [6, 6.07) is 0. The summed E-state index contributed by atoms with van der Waals surface area (Å²) in [6.45, 7) is 0.624. The summed E-state index contributed by atoms with van der Waals surface area (Å²) in [6.07, 6.45) is 0.795. The third kappa shape index (κ3) is 1.08. The summed E-state index contributed by atoms with van der Waals surface area (Å²) in [5.74, 6) is 0.710. The molecule has 1 saturated heterocycles. The number of halogens is 1. The van der Waals surface area contributed by atoms with E-state index >= 15 is 0 Å². The predicted molar refractivity (Wildman–Crippen MR) is 25.6 cm³/mol. The van der Waals surface area contributed by atoms with Gasteiger partial charge in [0.15, 0.2) is 5.76 Å². The third-order valence-corrected chi connectivity index (χ3v) is 0.963. The molecule has 1 fully saturated rings. The Morgan fingerprint density at radius 2 is 2.57 bits per heavy atom. The summed E-state index contributed by atoms with van der Waals surface area (Å²) in [5.41, 5.74) is 1.38. The maximum atomic E-state index is 5.24. The molecule has 0 N–H and O–H groups in total. The van der Waals surface area contributed by atoms with E-state index in [9.17, 15) is 0 Å². The number of hydrogen-bond donors (Lipinski definition) is 0. The third-order valence-electron chi connectivity index (χ3n) is 0.719. The topological polar surface area (TPSA) is 18.5 Å². The van der Waals surface area contributed by atoms with Crippen LogP contribution in [-0.2, 0) is 9.78 Å². The van der Waals surface area contributed by atoms with Crippen molar-refractivity contribution in [3.8, 4) is 0 Å². The zero-order valence-corrected chi connectivity index (χ0v) is 4.44. The fraction of sp³-hybridized carbons (Fsp3) is 0.500. The molecule has 1 aliphatic rings. The van der Waals surface area contributed by atoms with Gasteiger partial charge in [0.1, 0.15) is 6.61 Å². The van der Waals surface area contributed by atoms with Gasteiger partial charge in [-0.15, -0.1) is 0 Å². The summed E-state index contributed by atoms with van der Waals surface area (Å²) >= 11 is 5.24. The second kappa shape index (κ2) is 2.19. The largest absolute Gasteiger partial charge is 0.341 e. The van der Waals surface area contributed by atoms with E-state index in [2.05, 4.69) is 9.78 Å². The van der Waals surface area contributed by atoms with Gasteiger partial charge in [-0.3, -0.25) is 0 Å². The molecule has 0 saturated carbocycles. The first-order valence-corrected chi connectivity index (χ1v) is 2.46. The van der Waals surface area contributed by atoms with E-state index in [-0.39, 0.29) is 0 Å². The second-order valence-electron chi connectivity index (χ2n) is 1.23. The molecule has 0 aliphatic carbocycles. The average molecular weight is 121 g/mol. The Balaban J connectivity index is 2.41. The average Bonchev–Trinajstić information content (AvgIpc) is 2.14. The molecule has 40 valence electrons. The Hall–Kier alpha value is -0.210. The highest BCUT2D eigenvalue weighted by Crippen LogP contribution is 2.12. The molecule has 1 rings (SSSR count). The van der Waals surface area contributed by atoms with Gasteiger partial charge in [0.2, 0.25) is 0 Å². The lowest BCUT2D eigenvalue weighted by atomic mass is 10.4. The summed E-state index contributed by atoms with van der Waals surface area (Å²) in [4.78, 5) is 9.03. The van der Waals surface area contributed by atoms with Crippen molar-refractivity contribution in [2.75, 3.05) is 6.61 Å². The van der Waals surface area contributed by atoms with Crippen LogP contribution in [-0.4, -0.2) is 6.61 Å². The highest BCUT2D eigenvalue weighted by molar-refractivity contribution is 6.25. The molecule has 7 heavy (non-hydrogen) atoms. The van der Waals surface area contributed by atoms with Gasteiger partial charge in [-0.1, -0.05) is 11.6 Å².